The molecule has 1 aliphatic rings. The van der Waals surface area contributed by atoms with Crippen molar-refractivity contribution in [3.05, 3.63) is 99.6 Å². The summed E-state index contributed by atoms with van der Waals surface area (Å²) >= 11 is 20.1. The molecule has 4 rings (SSSR count). The van der Waals surface area contributed by atoms with Crippen LogP contribution in [0.4, 0.5) is 0 Å². The van der Waals surface area contributed by atoms with Gasteiger partial charge in [-0.3, -0.25) is 9.36 Å². The fourth-order valence-electron chi connectivity index (χ4n) is 3.56. The molecule has 0 N–H and O–H groups in total. The van der Waals surface area contributed by atoms with Gasteiger partial charge in [0.2, 0.25) is 0 Å². The van der Waals surface area contributed by atoms with Crippen LogP contribution in [-0.4, -0.2) is 17.1 Å². The first kappa shape index (κ1) is 22.8. The summed E-state index contributed by atoms with van der Waals surface area (Å²) in [5.41, 5.74) is 1.66. The molecule has 32 heavy (non-hydrogen) atoms. The lowest BCUT2D eigenvalue weighted by Gasteiger charge is -2.25. The number of esters is 1. The van der Waals surface area contributed by atoms with E-state index in [2.05, 4.69) is 4.99 Å². The predicted octanol–water partition coefficient (Wildman–Crippen LogP) is 4.76. The van der Waals surface area contributed by atoms with Gasteiger partial charge in [0.15, 0.2) is 4.80 Å². The number of hydrogen-bond acceptors (Lipinski definition) is 5. The Morgan fingerprint density at radius 3 is 2.59 bits per heavy atom. The number of rotatable bonds is 4. The van der Waals surface area contributed by atoms with Gasteiger partial charge >= 0.3 is 5.97 Å². The zero-order valence-electron chi connectivity index (χ0n) is 17.1. The maximum atomic E-state index is 13.5. The van der Waals surface area contributed by atoms with Crippen LogP contribution in [0, 0.1) is 0 Å². The highest BCUT2D eigenvalue weighted by Crippen LogP contribution is 2.34. The van der Waals surface area contributed by atoms with Crippen LogP contribution in [0.2, 0.25) is 15.1 Å². The maximum Gasteiger partial charge on any atom is 0.338 e. The highest BCUT2D eigenvalue weighted by Gasteiger charge is 2.34. The van der Waals surface area contributed by atoms with Crippen LogP contribution in [0.25, 0.3) is 6.08 Å². The Bertz CT molecular complexity index is 1440. The molecule has 0 saturated carbocycles. The van der Waals surface area contributed by atoms with Crippen LogP contribution in [0.3, 0.4) is 0 Å². The van der Waals surface area contributed by atoms with E-state index in [-0.39, 0.29) is 17.7 Å². The van der Waals surface area contributed by atoms with Crippen LogP contribution in [-0.2, 0) is 9.53 Å². The van der Waals surface area contributed by atoms with Gasteiger partial charge in [-0.05, 0) is 43.2 Å². The zero-order chi connectivity index (χ0) is 23.0. The van der Waals surface area contributed by atoms with Gasteiger partial charge in [-0.1, -0.05) is 76.5 Å². The molecule has 0 bridgehead atoms. The van der Waals surface area contributed by atoms with Crippen molar-refractivity contribution in [2.24, 2.45) is 4.99 Å². The summed E-state index contributed by atoms with van der Waals surface area (Å²) in [6, 6.07) is 11.5. The van der Waals surface area contributed by atoms with Crippen LogP contribution in [0.1, 0.15) is 31.0 Å². The third kappa shape index (κ3) is 4.04. The minimum atomic E-state index is -0.768. The molecule has 164 valence electrons. The van der Waals surface area contributed by atoms with E-state index in [0.717, 1.165) is 0 Å². The molecule has 1 aromatic heterocycles. The second-order valence-electron chi connectivity index (χ2n) is 6.97. The highest BCUT2D eigenvalue weighted by atomic mass is 35.5. The van der Waals surface area contributed by atoms with Crippen LogP contribution < -0.4 is 14.9 Å². The van der Waals surface area contributed by atoms with Crippen molar-refractivity contribution in [1.29, 1.82) is 0 Å². The van der Waals surface area contributed by atoms with E-state index in [1.165, 1.54) is 15.9 Å². The molecule has 1 atom stereocenters. The normalized spacial score (nSPS) is 16.0. The standard InChI is InChI=1S/C23H17Cl3N2O3S/c1-3-31-22(30)18-12(2)27-23-28(20(18)14-8-4-5-9-15(14)24)21(29)17(32-23)11-13-7-6-10-16(25)19(13)26/h4-11,20H,3H2,1-2H3/b17-11-/t20-/m0/s1. The molecular formula is C23H17Cl3N2O3S. The Kier molecular flexibility index (Phi) is 6.58. The molecule has 0 spiro atoms. The number of allylic oxidation sites excluding steroid dienone is 1. The third-order valence-corrected chi connectivity index (χ3v) is 7.15. The number of aromatic nitrogens is 1. The van der Waals surface area contributed by atoms with Gasteiger partial charge < -0.3 is 4.74 Å². The number of carbonyl (C=O) groups is 1. The van der Waals surface area contributed by atoms with Gasteiger partial charge in [-0.15, -0.1) is 0 Å². The van der Waals surface area contributed by atoms with Gasteiger partial charge in [-0.2, -0.15) is 0 Å². The van der Waals surface area contributed by atoms with E-state index in [1.807, 2.05) is 0 Å². The molecule has 1 aliphatic heterocycles. The SMILES string of the molecule is CCOC(=O)C1=C(C)N=c2s/c(=C\c3cccc(Cl)c3Cl)c(=O)n2[C@H]1c1ccccc1Cl. The number of carbonyl (C=O) groups excluding carboxylic acids is 1. The van der Waals surface area contributed by atoms with E-state index in [4.69, 9.17) is 39.5 Å². The van der Waals surface area contributed by atoms with Crippen LogP contribution in [0.15, 0.2) is 63.5 Å². The highest BCUT2D eigenvalue weighted by molar-refractivity contribution is 7.07. The van der Waals surface area contributed by atoms with Crippen LogP contribution in [0.5, 0.6) is 0 Å². The number of ether oxygens (including phenoxy) is 1. The largest absolute Gasteiger partial charge is 0.463 e. The van der Waals surface area contributed by atoms with Crippen molar-refractivity contribution in [3.8, 4) is 0 Å². The number of thiazole rings is 1. The summed E-state index contributed by atoms with van der Waals surface area (Å²) < 4.78 is 7.16. The summed E-state index contributed by atoms with van der Waals surface area (Å²) in [6.07, 6.45) is 1.67. The van der Waals surface area contributed by atoms with E-state index in [0.29, 0.717) is 41.2 Å². The fourth-order valence-corrected chi connectivity index (χ4v) is 5.19. The van der Waals surface area contributed by atoms with E-state index in [9.17, 15) is 9.59 Å². The summed E-state index contributed by atoms with van der Waals surface area (Å²) in [7, 11) is 0. The molecule has 9 heteroatoms. The average molecular weight is 508 g/mol. The third-order valence-electron chi connectivity index (χ3n) is 4.98. The smallest absolute Gasteiger partial charge is 0.338 e. The lowest BCUT2D eigenvalue weighted by molar-refractivity contribution is -0.139. The summed E-state index contributed by atoms with van der Waals surface area (Å²) in [4.78, 5) is 31.4. The summed E-state index contributed by atoms with van der Waals surface area (Å²) in [6.45, 7) is 3.64. The molecule has 2 aromatic carbocycles. The quantitative estimate of drug-likeness (QED) is 0.479. The molecule has 2 heterocycles. The van der Waals surface area contributed by atoms with E-state index >= 15 is 0 Å². The summed E-state index contributed by atoms with van der Waals surface area (Å²) in [5.74, 6) is -0.536. The number of nitrogens with zero attached hydrogens (tertiary/aromatic N) is 2. The molecule has 0 aliphatic carbocycles. The molecule has 3 aromatic rings. The number of halogens is 3. The van der Waals surface area contributed by atoms with Gasteiger partial charge in [0.05, 0.1) is 32.5 Å². The number of fused-ring (bicyclic) bond motifs is 1. The fraction of sp³-hybridized carbons (Fsp3) is 0.174. The second-order valence-corrected chi connectivity index (χ2v) is 9.17. The molecule has 0 unspecified atom stereocenters. The molecule has 0 radical (unpaired) electrons. The maximum absolute atomic E-state index is 13.5. The molecular weight excluding hydrogens is 491 g/mol. The number of benzene rings is 2. The monoisotopic (exact) mass is 506 g/mol. The lowest BCUT2D eigenvalue weighted by Crippen LogP contribution is -2.40. The average Bonchev–Trinajstić information content (AvgIpc) is 3.06. The first-order valence-corrected chi connectivity index (χ1v) is 11.7. The Hall–Kier alpha value is -2.38. The van der Waals surface area contributed by atoms with Gasteiger partial charge in [-0.25, -0.2) is 9.79 Å². The van der Waals surface area contributed by atoms with Crippen LogP contribution >= 0.6 is 46.1 Å². The van der Waals surface area contributed by atoms with Gasteiger partial charge in [0.1, 0.15) is 6.04 Å². The minimum Gasteiger partial charge on any atom is -0.463 e. The van der Waals surface area contributed by atoms with Crippen molar-refractivity contribution in [2.45, 2.75) is 19.9 Å². The Morgan fingerprint density at radius 2 is 1.88 bits per heavy atom. The second kappa shape index (κ2) is 9.24. The van der Waals surface area contributed by atoms with Crippen molar-refractivity contribution < 1.29 is 9.53 Å². The molecule has 0 amide bonds. The Morgan fingerprint density at radius 1 is 1.16 bits per heavy atom. The topological polar surface area (TPSA) is 60.7 Å². The molecule has 0 fully saturated rings. The van der Waals surface area contributed by atoms with Gasteiger partial charge in [0.25, 0.3) is 5.56 Å². The van der Waals surface area contributed by atoms with E-state index < -0.39 is 12.0 Å². The lowest BCUT2D eigenvalue weighted by atomic mass is 9.96. The predicted molar refractivity (Wildman–Crippen MR) is 128 cm³/mol. The number of hydrogen-bond donors (Lipinski definition) is 0. The first-order valence-electron chi connectivity index (χ1n) is 9.71. The first-order chi connectivity index (χ1) is 15.3. The van der Waals surface area contributed by atoms with Crippen molar-refractivity contribution in [1.82, 2.24) is 4.57 Å². The minimum absolute atomic E-state index is 0.197. The Balaban J connectivity index is 2.00. The summed E-state index contributed by atoms with van der Waals surface area (Å²) in [5, 5.41) is 1.18. The van der Waals surface area contributed by atoms with Crippen molar-refractivity contribution >= 4 is 58.2 Å². The molecule has 5 nitrogen and oxygen atoms in total. The van der Waals surface area contributed by atoms with Gasteiger partial charge in [0, 0.05) is 5.02 Å². The van der Waals surface area contributed by atoms with Crippen molar-refractivity contribution in [3.63, 3.8) is 0 Å². The Labute approximate surface area is 202 Å². The van der Waals surface area contributed by atoms with Crippen molar-refractivity contribution in [2.75, 3.05) is 6.61 Å². The zero-order valence-corrected chi connectivity index (χ0v) is 20.1. The molecule has 0 saturated heterocycles. The van der Waals surface area contributed by atoms with E-state index in [1.54, 1.807) is 62.4 Å².